The van der Waals surface area contributed by atoms with Gasteiger partial charge in [0.05, 0.1) is 11.4 Å². The van der Waals surface area contributed by atoms with E-state index in [4.69, 9.17) is 10.1 Å². The molecule has 4 aliphatic rings. The molecule has 2 aromatic heterocycles. The van der Waals surface area contributed by atoms with Gasteiger partial charge in [-0.2, -0.15) is 0 Å². The Bertz CT molecular complexity index is 1190. The fourth-order valence-corrected chi connectivity index (χ4v) is 6.51. The van der Waals surface area contributed by atoms with Gasteiger partial charge in [-0.3, -0.25) is 15.1 Å². The molecule has 2 aliphatic heterocycles. The first-order valence-corrected chi connectivity index (χ1v) is 14.9. The van der Waals surface area contributed by atoms with Crippen molar-refractivity contribution in [2.24, 2.45) is 11.1 Å². The van der Waals surface area contributed by atoms with Crippen LogP contribution in [0.1, 0.15) is 79.9 Å². The zero-order valence-corrected chi connectivity index (χ0v) is 22.7. The predicted molar refractivity (Wildman–Crippen MR) is 154 cm³/mol. The first-order chi connectivity index (χ1) is 18.1. The summed E-state index contributed by atoms with van der Waals surface area (Å²) in [5, 5.41) is 5.64. The van der Waals surface area contributed by atoms with Gasteiger partial charge in [0.2, 0.25) is 0 Å². The van der Waals surface area contributed by atoms with Crippen LogP contribution in [-0.2, 0) is 6.42 Å². The van der Waals surface area contributed by atoms with Crippen molar-refractivity contribution in [3.05, 3.63) is 77.4 Å². The van der Waals surface area contributed by atoms with E-state index in [0.717, 1.165) is 60.5 Å². The van der Waals surface area contributed by atoms with Crippen molar-refractivity contribution >= 4 is 23.3 Å². The molecule has 37 heavy (non-hydrogen) atoms. The van der Waals surface area contributed by atoms with Crippen LogP contribution in [0, 0.1) is 5.92 Å². The van der Waals surface area contributed by atoms with Crippen LogP contribution >= 0.6 is 11.9 Å². The number of pyridine rings is 2. The van der Waals surface area contributed by atoms with Gasteiger partial charge in [0.15, 0.2) is 0 Å². The summed E-state index contributed by atoms with van der Waals surface area (Å²) in [6, 6.07) is 8.69. The lowest BCUT2D eigenvalue weighted by atomic mass is 9.85. The maximum absolute atomic E-state index is 5.64. The van der Waals surface area contributed by atoms with E-state index in [1.807, 2.05) is 18.3 Å². The summed E-state index contributed by atoms with van der Waals surface area (Å²) in [4.78, 5) is 15.5. The predicted octanol–water partition coefficient (Wildman–Crippen LogP) is 6.40. The van der Waals surface area contributed by atoms with E-state index in [2.05, 4.69) is 40.1 Å². The number of aromatic nitrogens is 2. The third-order valence-corrected chi connectivity index (χ3v) is 9.23. The number of nitrogens with two attached hydrogens (primary N) is 1. The molecular weight excluding hydrogens is 474 g/mol. The topological polar surface area (TPSA) is 58.3 Å². The molecule has 2 N–H and O–H groups in total. The van der Waals surface area contributed by atoms with E-state index in [1.54, 1.807) is 0 Å². The second-order valence-corrected chi connectivity index (χ2v) is 12.1. The average Bonchev–Trinajstić information content (AvgIpc) is 3.61. The second kappa shape index (κ2) is 10.7. The van der Waals surface area contributed by atoms with Crippen LogP contribution < -0.4 is 5.14 Å². The quantitative estimate of drug-likeness (QED) is 0.309. The molecule has 6 heteroatoms. The highest BCUT2D eigenvalue weighted by molar-refractivity contribution is 7.97. The summed E-state index contributed by atoms with van der Waals surface area (Å²) in [6.45, 7) is 12.7. The van der Waals surface area contributed by atoms with Gasteiger partial charge in [-0.25, -0.2) is 0 Å². The van der Waals surface area contributed by atoms with Crippen LogP contribution in [0.5, 0.6) is 0 Å². The lowest BCUT2D eigenvalue weighted by molar-refractivity contribution is 0.338. The van der Waals surface area contributed by atoms with Gasteiger partial charge in [-0.15, -0.1) is 0 Å². The molecule has 6 rings (SSSR count). The Morgan fingerprint density at radius 2 is 1.62 bits per heavy atom. The molecule has 4 heterocycles. The maximum atomic E-state index is 5.64. The van der Waals surface area contributed by atoms with E-state index >= 15 is 0 Å². The van der Waals surface area contributed by atoms with E-state index in [0.29, 0.717) is 5.92 Å². The van der Waals surface area contributed by atoms with E-state index < -0.39 is 0 Å². The molecule has 0 bridgehead atoms. The summed E-state index contributed by atoms with van der Waals surface area (Å²) >= 11 is 1.22. The van der Waals surface area contributed by atoms with Crippen molar-refractivity contribution < 1.29 is 0 Å². The van der Waals surface area contributed by atoms with Crippen LogP contribution in [-0.4, -0.2) is 45.9 Å². The van der Waals surface area contributed by atoms with Gasteiger partial charge in [0.25, 0.3) is 0 Å². The number of nitrogens with zero attached hydrogens (tertiary/aromatic N) is 4. The highest BCUT2D eigenvalue weighted by atomic mass is 32.2. The molecule has 0 amide bonds. The van der Waals surface area contributed by atoms with Crippen molar-refractivity contribution in [1.29, 1.82) is 0 Å². The van der Waals surface area contributed by atoms with Crippen molar-refractivity contribution in [3.8, 4) is 0 Å². The lowest BCUT2D eigenvalue weighted by Crippen LogP contribution is -2.28. The number of hydrogen-bond donors (Lipinski definition) is 1. The monoisotopic (exact) mass is 513 g/mol. The van der Waals surface area contributed by atoms with Gasteiger partial charge < -0.3 is 9.80 Å². The summed E-state index contributed by atoms with van der Waals surface area (Å²) in [5.41, 5.74) is 9.92. The van der Waals surface area contributed by atoms with Crippen molar-refractivity contribution in [1.82, 2.24) is 19.8 Å². The first kappa shape index (κ1) is 24.7. The standard InChI is InChI=1S/C31H39N5S/c1-21(25-14-28(34-31(15-25)24-9-10-24)11-8-23-6-4-3-5-7-23)35-17-26-19-36(20-27(26)18-35)22(2)30-13-12-29(37-32)16-33-30/h12-16,23-24H,1-11,17-20,32H2. The molecular formula is C31H39N5S. The first-order valence-electron chi connectivity index (χ1n) is 14.0. The molecule has 2 aromatic rings. The number of rotatable bonds is 9. The third kappa shape index (κ3) is 5.51. The molecule has 0 unspecified atom stereocenters. The minimum atomic E-state index is 0.661. The minimum Gasteiger partial charge on any atom is -0.363 e. The molecule has 194 valence electrons. The Hall–Kier alpha value is -2.57. The molecule has 2 saturated carbocycles. The number of hydrogen-bond acceptors (Lipinski definition) is 6. The summed E-state index contributed by atoms with van der Waals surface area (Å²) in [5.74, 6) is 1.55. The minimum absolute atomic E-state index is 0.661. The Labute approximate surface area is 226 Å². The van der Waals surface area contributed by atoms with E-state index in [-0.39, 0.29) is 0 Å². The third-order valence-electron chi connectivity index (χ3n) is 8.72. The van der Waals surface area contributed by atoms with Crippen molar-refractivity contribution in [3.63, 3.8) is 0 Å². The normalized spacial score (nSPS) is 20.0. The summed E-state index contributed by atoms with van der Waals surface area (Å²) in [6.07, 6.45) is 13.8. The molecule has 0 saturated heterocycles. The molecule has 5 nitrogen and oxygen atoms in total. The summed E-state index contributed by atoms with van der Waals surface area (Å²) < 4.78 is 0. The Balaban J connectivity index is 1.09. The zero-order valence-electron chi connectivity index (χ0n) is 21.9. The van der Waals surface area contributed by atoms with E-state index in [1.165, 1.54) is 91.4 Å². The van der Waals surface area contributed by atoms with Crippen LogP contribution in [0.15, 0.2) is 59.7 Å². The molecule has 0 aromatic carbocycles. The van der Waals surface area contributed by atoms with Crippen molar-refractivity contribution in [2.45, 2.75) is 68.6 Å². The Morgan fingerprint density at radius 1 is 0.919 bits per heavy atom. The lowest BCUT2D eigenvalue weighted by Gasteiger charge is -2.28. The van der Waals surface area contributed by atoms with Crippen molar-refractivity contribution in [2.75, 3.05) is 26.2 Å². The Morgan fingerprint density at radius 3 is 2.24 bits per heavy atom. The van der Waals surface area contributed by atoms with Crippen LogP contribution in [0.25, 0.3) is 11.4 Å². The van der Waals surface area contributed by atoms with Gasteiger partial charge in [-0.05, 0) is 79.0 Å². The van der Waals surface area contributed by atoms with Gasteiger partial charge in [-0.1, -0.05) is 45.3 Å². The molecule has 0 spiro atoms. The van der Waals surface area contributed by atoms with Crippen LogP contribution in [0.3, 0.4) is 0 Å². The van der Waals surface area contributed by atoms with Crippen LogP contribution in [0.2, 0.25) is 0 Å². The second-order valence-electron chi connectivity index (χ2n) is 11.4. The van der Waals surface area contributed by atoms with Gasteiger partial charge in [0, 0.05) is 65.8 Å². The fourth-order valence-electron chi connectivity index (χ4n) is 6.25. The average molecular weight is 514 g/mol. The van der Waals surface area contributed by atoms with Crippen LogP contribution in [0.4, 0.5) is 0 Å². The molecule has 2 fully saturated rings. The fraction of sp³-hybridized carbons (Fsp3) is 0.484. The molecule has 2 aliphatic carbocycles. The summed E-state index contributed by atoms with van der Waals surface area (Å²) in [7, 11) is 0. The highest BCUT2D eigenvalue weighted by Crippen LogP contribution is 2.41. The number of aryl methyl sites for hydroxylation is 1. The van der Waals surface area contributed by atoms with E-state index in [9.17, 15) is 0 Å². The maximum Gasteiger partial charge on any atom is 0.0857 e. The van der Waals surface area contributed by atoms with Gasteiger partial charge in [0.1, 0.15) is 0 Å². The molecule has 0 atom stereocenters. The van der Waals surface area contributed by atoms with Gasteiger partial charge >= 0.3 is 0 Å². The largest absolute Gasteiger partial charge is 0.363 e. The highest BCUT2D eigenvalue weighted by Gasteiger charge is 2.32. The smallest absolute Gasteiger partial charge is 0.0857 e. The Kier molecular flexibility index (Phi) is 7.13. The SMILES string of the molecule is C=C(c1cc(CCC2CCCCC2)nc(C2CC2)c1)N1CC2=C(C1)CN(C(=C)c1ccc(SN)cn1)C2. The zero-order chi connectivity index (χ0) is 25.4. The molecule has 0 radical (unpaired) electrons.